The number of benzene rings is 1. The van der Waals surface area contributed by atoms with Crippen LogP contribution in [0.4, 0.5) is 0 Å². The smallest absolute Gasteiger partial charge is 0.356 e. The van der Waals surface area contributed by atoms with Crippen molar-refractivity contribution in [3.05, 3.63) is 57.6 Å². The van der Waals surface area contributed by atoms with Gasteiger partial charge in [-0.3, -0.25) is 4.79 Å². The maximum atomic E-state index is 11.9. The Labute approximate surface area is 117 Å². The van der Waals surface area contributed by atoms with Crippen LogP contribution in [0.3, 0.4) is 0 Å². The standard InChI is InChI=1S/C13H8ClN3O3/c14-8-3-1-7(2-4-8)10-6-17-11(12(18)15-10)5-9(16-17)13(19)20/h1-6H,(H,15,18)(H,19,20). The van der Waals surface area contributed by atoms with Gasteiger partial charge in [-0.2, -0.15) is 5.10 Å². The number of aromatic amines is 1. The lowest BCUT2D eigenvalue weighted by Crippen LogP contribution is -2.10. The number of nitrogens with zero attached hydrogens (tertiary/aromatic N) is 2. The summed E-state index contributed by atoms with van der Waals surface area (Å²) in [6.45, 7) is 0. The number of fused-ring (bicyclic) bond motifs is 1. The Balaban J connectivity index is 2.21. The summed E-state index contributed by atoms with van der Waals surface area (Å²) in [7, 11) is 0. The second-order valence-electron chi connectivity index (χ2n) is 4.17. The number of hydrogen-bond donors (Lipinski definition) is 2. The molecule has 0 amide bonds. The van der Waals surface area contributed by atoms with Crippen molar-refractivity contribution in [2.75, 3.05) is 0 Å². The molecular weight excluding hydrogens is 282 g/mol. The van der Waals surface area contributed by atoms with E-state index in [1.807, 2.05) is 0 Å². The Morgan fingerprint density at radius 1 is 1.30 bits per heavy atom. The van der Waals surface area contributed by atoms with E-state index in [0.717, 1.165) is 5.56 Å². The Morgan fingerprint density at radius 2 is 2.00 bits per heavy atom. The van der Waals surface area contributed by atoms with Gasteiger partial charge in [-0.1, -0.05) is 23.7 Å². The lowest BCUT2D eigenvalue weighted by atomic mass is 10.2. The lowest BCUT2D eigenvalue weighted by Gasteiger charge is -2.02. The fraction of sp³-hybridized carbons (Fsp3) is 0. The maximum Gasteiger partial charge on any atom is 0.356 e. The first-order valence-electron chi connectivity index (χ1n) is 5.66. The van der Waals surface area contributed by atoms with Gasteiger partial charge in [-0.15, -0.1) is 0 Å². The lowest BCUT2D eigenvalue weighted by molar-refractivity contribution is 0.0690. The van der Waals surface area contributed by atoms with E-state index in [0.29, 0.717) is 10.7 Å². The van der Waals surface area contributed by atoms with Crippen LogP contribution in [0.15, 0.2) is 41.3 Å². The zero-order chi connectivity index (χ0) is 14.3. The number of aromatic carboxylic acids is 1. The van der Waals surface area contributed by atoms with E-state index in [4.69, 9.17) is 16.7 Å². The van der Waals surface area contributed by atoms with Gasteiger partial charge in [-0.05, 0) is 17.7 Å². The van der Waals surface area contributed by atoms with Crippen LogP contribution in [0.1, 0.15) is 10.5 Å². The number of hydrogen-bond acceptors (Lipinski definition) is 3. The highest BCUT2D eigenvalue weighted by molar-refractivity contribution is 6.30. The summed E-state index contributed by atoms with van der Waals surface area (Å²) in [5.74, 6) is -1.18. The van der Waals surface area contributed by atoms with Crippen molar-refractivity contribution in [2.24, 2.45) is 0 Å². The van der Waals surface area contributed by atoms with Crippen LogP contribution in [-0.2, 0) is 0 Å². The molecule has 3 aromatic rings. The number of H-pyrrole nitrogens is 1. The van der Waals surface area contributed by atoms with Crippen molar-refractivity contribution >= 4 is 23.1 Å². The highest BCUT2D eigenvalue weighted by atomic mass is 35.5. The van der Waals surface area contributed by atoms with Gasteiger partial charge in [0.2, 0.25) is 0 Å². The second-order valence-corrected chi connectivity index (χ2v) is 4.60. The van der Waals surface area contributed by atoms with Crippen LogP contribution in [-0.4, -0.2) is 25.7 Å². The first kappa shape index (κ1) is 12.4. The van der Waals surface area contributed by atoms with Crippen LogP contribution in [0.2, 0.25) is 5.02 Å². The fourth-order valence-electron chi connectivity index (χ4n) is 1.88. The van der Waals surface area contributed by atoms with E-state index < -0.39 is 11.5 Å². The Hall–Kier alpha value is -2.60. The van der Waals surface area contributed by atoms with Gasteiger partial charge in [0, 0.05) is 11.1 Å². The summed E-state index contributed by atoms with van der Waals surface area (Å²) in [5.41, 5.74) is 0.876. The minimum atomic E-state index is -1.18. The van der Waals surface area contributed by atoms with Gasteiger partial charge >= 0.3 is 5.97 Å². The molecule has 3 rings (SSSR count). The van der Waals surface area contributed by atoms with Crippen molar-refractivity contribution in [3.8, 4) is 11.3 Å². The number of aromatic nitrogens is 3. The largest absolute Gasteiger partial charge is 0.476 e. The molecule has 1 aromatic carbocycles. The van der Waals surface area contributed by atoms with Crippen LogP contribution in [0, 0.1) is 0 Å². The Bertz CT molecular complexity index is 865. The van der Waals surface area contributed by atoms with E-state index in [1.165, 1.54) is 10.6 Å². The van der Waals surface area contributed by atoms with Crippen molar-refractivity contribution < 1.29 is 9.90 Å². The fourth-order valence-corrected chi connectivity index (χ4v) is 2.01. The number of rotatable bonds is 2. The summed E-state index contributed by atoms with van der Waals surface area (Å²) in [4.78, 5) is 25.5. The molecule has 100 valence electrons. The number of carboxylic acid groups (broad SMARTS) is 1. The molecule has 0 unspecified atom stereocenters. The molecule has 7 heteroatoms. The van der Waals surface area contributed by atoms with Crippen molar-refractivity contribution in [1.29, 1.82) is 0 Å². The summed E-state index contributed by atoms with van der Waals surface area (Å²) in [6.07, 6.45) is 1.56. The van der Waals surface area contributed by atoms with E-state index in [-0.39, 0.29) is 11.2 Å². The molecule has 0 radical (unpaired) electrons. The van der Waals surface area contributed by atoms with Gasteiger partial charge in [0.25, 0.3) is 5.56 Å². The topological polar surface area (TPSA) is 87.5 Å². The number of halogens is 1. The third kappa shape index (κ3) is 2.06. The summed E-state index contributed by atoms with van der Waals surface area (Å²) >= 11 is 5.81. The monoisotopic (exact) mass is 289 g/mol. The molecule has 0 aliphatic carbocycles. The Morgan fingerprint density at radius 3 is 2.65 bits per heavy atom. The second kappa shape index (κ2) is 4.50. The molecule has 0 aliphatic rings. The number of nitrogens with one attached hydrogen (secondary N) is 1. The van der Waals surface area contributed by atoms with E-state index in [9.17, 15) is 9.59 Å². The van der Waals surface area contributed by atoms with Crippen molar-refractivity contribution in [1.82, 2.24) is 14.6 Å². The number of carboxylic acids is 1. The van der Waals surface area contributed by atoms with Crippen LogP contribution in [0.5, 0.6) is 0 Å². The van der Waals surface area contributed by atoms with E-state index in [2.05, 4.69) is 10.1 Å². The highest BCUT2D eigenvalue weighted by Crippen LogP contribution is 2.18. The van der Waals surface area contributed by atoms with Crippen molar-refractivity contribution in [2.45, 2.75) is 0 Å². The quantitative estimate of drug-likeness (QED) is 0.756. The first-order valence-corrected chi connectivity index (χ1v) is 6.04. The van der Waals surface area contributed by atoms with Gasteiger partial charge < -0.3 is 10.1 Å². The zero-order valence-corrected chi connectivity index (χ0v) is 10.8. The molecular formula is C13H8ClN3O3. The van der Waals surface area contributed by atoms with Crippen molar-refractivity contribution in [3.63, 3.8) is 0 Å². The van der Waals surface area contributed by atoms with Crippen LogP contribution in [0.25, 0.3) is 16.8 Å². The Kier molecular flexibility index (Phi) is 2.80. The third-order valence-corrected chi connectivity index (χ3v) is 3.09. The molecule has 0 saturated heterocycles. The minimum Gasteiger partial charge on any atom is -0.476 e. The molecule has 0 spiro atoms. The molecule has 2 aromatic heterocycles. The molecule has 0 saturated carbocycles. The molecule has 0 atom stereocenters. The van der Waals surface area contributed by atoms with Gasteiger partial charge in [-0.25, -0.2) is 9.31 Å². The molecule has 2 heterocycles. The number of carbonyl (C=O) groups is 1. The molecule has 0 bridgehead atoms. The molecule has 2 N–H and O–H groups in total. The van der Waals surface area contributed by atoms with E-state index in [1.54, 1.807) is 30.5 Å². The molecule has 0 aliphatic heterocycles. The summed E-state index contributed by atoms with van der Waals surface area (Å²) in [6, 6.07) is 8.13. The normalized spacial score (nSPS) is 10.8. The average Bonchev–Trinajstić information content (AvgIpc) is 2.84. The van der Waals surface area contributed by atoms with E-state index >= 15 is 0 Å². The molecule has 20 heavy (non-hydrogen) atoms. The highest BCUT2D eigenvalue weighted by Gasteiger charge is 2.12. The summed E-state index contributed by atoms with van der Waals surface area (Å²) in [5, 5.41) is 13.3. The first-order chi connectivity index (χ1) is 9.54. The molecule has 6 nitrogen and oxygen atoms in total. The SMILES string of the molecule is O=C(O)c1cc2c(=O)[nH]c(-c3ccc(Cl)cc3)cn2n1. The minimum absolute atomic E-state index is 0.177. The van der Waals surface area contributed by atoms with Crippen LogP contribution >= 0.6 is 11.6 Å². The van der Waals surface area contributed by atoms with Gasteiger partial charge in [0.05, 0.1) is 11.9 Å². The van der Waals surface area contributed by atoms with Gasteiger partial charge in [0.15, 0.2) is 5.69 Å². The maximum absolute atomic E-state index is 11.9. The third-order valence-electron chi connectivity index (χ3n) is 2.84. The summed E-state index contributed by atoms with van der Waals surface area (Å²) < 4.78 is 1.26. The van der Waals surface area contributed by atoms with Gasteiger partial charge in [0.1, 0.15) is 5.52 Å². The molecule has 0 fully saturated rings. The zero-order valence-electron chi connectivity index (χ0n) is 10.0. The van der Waals surface area contributed by atoms with Crippen LogP contribution < -0.4 is 5.56 Å². The average molecular weight is 290 g/mol. The predicted molar refractivity (Wildman–Crippen MR) is 73.2 cm³/mol. The predicted octanol–water partition coefficient (Wildman–Crippen LogP) is 2.04.